The molecule has 0 spiro atoms. The summed E-state index contributed by atoms with van der Waals surface area (Å²) >= 11 is 5.54. The number of urea groups is 1. The van der Waals surface area contributed by atoms with E-state index in [-0.39, 0.29) is 12.1 Å². The molecule has 1 aromatic carbocycles. The van der Waals surface area contributed by atoms with Gasteiger partial charge in [0.15, 0.2) is 0 Å². The molecule has 6 N–H and O–H groups in total. The third-order valence-electron chi connectivity index (χ3n) is 1.39. The molecule has 0 saturated carbocycles. The van der Waals surface area contributed by atoms with Crippen LogP contribution >= 0.6 is 11.6 Å². The van der Waals surface area contributed by atoms with Gasteiger partial charge in [-0.25, -0.2) is 16.5 Å². The number of hydrazine groups is 2. The molecule has 0 aliphatic heterocycles. The average molecular weight is 305 g/mol. The Morgan fingerprint density at radius 3 is 1.70 bits per heavy atom. The standard InChI is InChI=1S/C6H5Cl.C5H10O2.CH6N4O/c7-6-4-2-1-3-5-6;1-4(2)7-5(3)6;2-1(6)5(3)4/h1-5H;4H,1-3H3;3-4H2,(H2,2,6). The van der Waals surface area contributed by atoms with Gasteiger partial charge in [-0.2, -0.15) is 5.12 Å². The lowest BCUT2D eigenvalue weighted by Gasteiger charge is -2.01. The van der Waals surface area contributed by atoms with Crippen LogP contribution in [0.1, 0.15) is 20.8 Å². The fourth-order valence-electron chi connectivity index (χ4n) is 0.747. The summed E-state index contributed by atoms with van der Waals surface area (Å²) < 4.78 is 4.61. The summed E-state index contributed by atoms with van der Waals surface area (Å²) in [6.07, 6.45) is 0.0255. The zero-order valence-corrected chi connectivity index (χ0v) is 12.5. The maximum absolute atomic E-state index is 10.0. The van der Waals surface area contributed by atoms with E-state index in [2.05, 4.69) is 22.2 Å². The SMILES string of the molecule is CC(=O)OC(C)C.Clc1ccccc1.NC(=O)N(N)N. The summed E-state index contributed by atoms with van der Waals surface area (Å²) in [5.74, 6) is 8.93. The molecule has 0 fully saturated rings. The summed E-state index contributed by atoms with van der Waals surface area (Å²) in [4.78, 5) is 19.6. The van der Waals surface area contributed by atoms with Crippen LogP contribution in [0.3, 0.4) is 0 Å². The van der Waals surface area contributed by atoms with Crippen LogP contribution in [-0.2, 0) is 9.53 Å². The van der Waals surface area contributed by atoms with E-state index in [0.717, 1.165) is 5.02 Å². The first-order valence-electron chi connectivity index (χ1n) is 5.63. The molecule has 0 aliphatic rings. The Kier molecular flexibility index (Phi) is 12.5. The Bertz CT molecular complexity index is 386. The largest absolute Gasteiger partial charge is 0.463 e. The van der Waals surface area contributed by atoms with Crippen LogP contribution in [0.4, 0.5) is 4.79 Å². The number of amides is 2. The number of primary amides is 1. The minimum atomic E-state index is -0.852. The van der Waals surface area contributed by atoms with Gasteiger partial charge >= 0.3 is 12.0 Å². The highest BCUT2D eigenvalue weighted by Gasteiger charge is 1.93. The number of hydrogen-bond acceptors (Lipinski definition) is 5. The zero-order valence-electron chi connectivity index (χ0n) is 11.7. The Balaban J connectivity index is 0. The van der Waals surface area contributed by atoms with Crippen LogP contribution < -0.4 is 17.4 Å². The topological polar surface area (TPSA) is 125 Å². The third kappa shape index (κ3) is 18.5. The molecule has 0 aromatic heterocycles. The highest BCUT2D eigenvalue weighted by atomic mass is 35.5. The van der Waals surface area contributed by atoms with Gasteiger partial charge in [0.2, 0.25) is 0 Å². The van der Waals surface area contributed by atoms with Gasteiger partial charge in [-0.05, 0) is 26.0 Å². The number of nitrogens with zero attached hydrogens (tertiary/aromatic N) is 1. The summed E-state index contributed by atoms with van der Waals surface area (Å²) in [5.41, 5.74) is 4.47. The molecule has 0 bridgehead atoms. The lowest BCUT2D eigenvalue weighted by molar-refractivity contribution is -0.144. The van der Waals surface area contributed by atoms with Crippen LogP contribution in [0.2, 0.25) is 5.02 Å². The van der Waals surface area contributed by atoms with Gasteiger partial charge in [-0.1, -0.05) is 29.8 Å². The molecular weight excluding hydrogens is 284 g/mol. The highest BCUT2D eigenvalue weighted by Crippen LogP contribution is 2.03. The van der Waals surface area contributed by atoms with E-state index >= 15 is 0 Å². The molecule has 0 radical (unpaired) electrons. The normalized spacial score (nSPS) is 8.55. The maximum atomic E-state index is 10.0. The van der Waals surface area contributed by atoms with E-state index in [1.165, 1.54) is 6.92 Å². The highest BCUT2D eigenvalue weighted by molar-refractivity contribution is 6.30. The summed E-state index contributed by atoms with van der Waals surface area (Å²) in [5, 5.41) is 1.10. The predicted molar refractivity (Wildman–Crippen MR) is 78.2 cm³/mol. The molecule has 7 nitrogen and oxygen atoms in total. The van der Waals surface area contributed by atoms with Crippen LogP contribution in [-0.4, -0.2) is 23.2 Å². The minimum absolute atomic E-state index is 0.0255. The van der Waals surface area contributed by atoms with E-state index in [1.807, 2.05) is 44.2 Å². The monoisotopic (exact) mass is 304 g/mol. The van der Waals surface area contributed by atoms with Gasteiger partial charge in [0.25, 0.3) is 0 Å². The van der Waals surface area contributed by atoms with Crippen LogP contribution in [0.5, 0.6) is 0 Å². The molecule has 0 unspecified atom stereocenters. The van der Waals surface area contributed by atoms with Crippen molar-refractivity contribution in [3.8, 4) is 0 Å². The minimum Gasteiger partial charge on any atom is -0.463 e. The van der Waals surface area contributed by atoms with Gasteiger partial charge in [0.1, 0.15) is 0 Å². The van der Waals surface area contributed by atoms with Gasteiger partial charge in [-0.15, -0.1) is 0 Å². The number of rotatable bonds is 1. The van der Waals surface area contributed by atoms with E-state index in [0.29, 0.717) is 5.12 Å². The van der Waals surface area contributed by atoms with Gasteiger partial charge in [0, 0.05) is 11.9 Å². The Labute approximate surface area is 123 Å². The first kappa shape index (κ1) is 20.5. The molecule has 0 heterocycles. The molecule has 0 aliphatic carbocycles. The molecule has 0 saturated heterocycles. The molecule has 1 aromatic rings. The second-order valence-corrected chi connectivity index (χ2v) is 4.14. The Morgan fingerprint density at radius 1 is 1.20 bits per heavy atom. The number of benzene rings is 1. The number of halogens is 1. The fourth-order valence-corrected chi connectivity index (χ4v) is 0.892. The van der Waals surface area contributed by atoms with Gasteiger partial charge in [0.05, 0.1) is 6.10 Å². The third-order valence-corrected chi connectivity index (χ3v) is 1.64. The first-order chi connectivity index (χ1) is 9.16. The molecule has 0 atom stereocenters. The molecule has 2 amide bonds. The van der Waals surface area contributed by atoms with Crippen molar-refractivity contribution >= 4 is 23.6 Å². The number of carbonyl (C=O) groups excluding carboxylic acids is 2. The van der Waals surface area contributed by atoms with Gasteiger partial charge in [-0.3, -0.25) is 4.79 Å². The maximum Gasteiger partial charge on any atom is 0.343 e. The van der Waals surface area contributed by atoms with E-state index in [1.54, 1.807) is 0 Å². The quantitative estimate of drug-likeness (QED) is 0.313. The molecular formula is C12H21ClN4O3. The van der Waals surface area contributed by atoms with Crippen molar-refractivity contribution in [3.63, 3.8) is 0 Å². The van der Waals surface area contributed by atoms with Gasteiger partial charge < -0.3 is 10.5 Å². The number of hydrogen-bond donors (Lipinski definition) is 3. The Hall–Kier alpha value is -1.83. The lowest BCUT2D eigenvalue weighted by Crippen LogP contribution is -2.46. The van der Waals surface area contributed by atoms with E-state index in [9.17, 15) is 9.59 Å². The fraction of sp³-hybridized carbons (Fsp3) is 0.333. The summed E-state index contributed by atoms with van der Waals surface area (Å²) in [7, 11) is 0. The average Bonchev–Trinajstić information content (AvgIpc) is 2.29. The number of esters is 1. The summed E-state index contributed by atoms with van der Waals surface area (Å²) in [6.45, 7) is 5.04. The van der Waals surface area contributed by atoms with Crippen LogP contribution in [0, 0.1) is 0 Å². The van der Waals surface area contributed by atoms with Crippen molar-refractivity contribution in [2.45, 2.75) is 26.9 Å². The van der Waals surface area contributed by atoms with Crippen molar-refractivity contribution in [1.29, 1.82) is 0 Å². The zero-order chi connectivity index (χ0) is 16.1. The number of ether oxygens (including phenoxy) is 1. The predicted octanol–water partition coefficient (Wildman–Crippen LogP) is 1.41. The summed E-state index contributed by atoms with van der Waals surface area (Å²) in [6, 6.07) is 8.59. The second-order valence-electron chi connectivity index (χ2n) is 3.70. The second kappa shape index (κ2) is 12.2. The molecule has 20 heavy (non-hydrogen) atoms. The Morgan fingerprint density at radius 2 is 1.60 bits per heavy atom. The first-order valence-corrected chi connectivity index (χ1v) is 6.01. The van der Waals surface area contributed by atoms with Crippen LogP contribution in [0.25, 0.3) is 0 Å². The van der Waals surface area contributed by atoms with Crippen molar-refractivity contribution < 1.29 is 14.3 Å². The molecule has 114 valence electrons. The smallest absolute Gasteiger partial charge is 0.343 e. The number of carbonyl (C=O) groups is 2. The molecule has 8 heteroatoms. The van der Waals surface area contributed by atoms with E-state index < -0.39 is 6.03 Å². The van der Waals surface area contributed by atoms with Crippen LogP contribution in [0.15, 0.2) is 30.3 Å². The van der Waals surface area contributed by atoms with E-state index in [4.69, 9.17) is 11.6 Å². The van der Waals surface area contributed by atoms with Crippen molar-refractivity contribution in [3.05, 3.63) is 35.4 Å². The number of nitrogens with two attached hydrogens (primary N) is 3. The van der Waals surface area contributed by atoms with Crippen molar-refractivity contribution in [1.82, 2.24) is 5.12 Å². The van der Waals surface area contributed by atoms with Crippen molar-refractivity contribution in [2.75, 3.05) is 0 Å². The lowest BCUT2D eigenvalue weighted by atomic mass is 10.4. The molecule has 1 rings (SSSR count). The van der Waals surface area contributed by atoms with Crippen molar-refractivity contribution in [2.24, 2.45) is 17.4 Å².